The lowest BCUT2D eigenvalue weighted by Crippen LogP contribution is -1.94. The van der Waals surface area contributed by atoms with Crippen LogP contribution in [0.1, 0.15) is 22.8 Å². The van der Waals surface area contributed by atoms with Crippen molar-refractivity contribution in [2.75, 3.05) is 7.11 Å². The fraction of sp³-hybridized carbons (Fsp3) is 0.273. The van der Waals surface area contributed by atoms with Crippen molar-refractivity contribution < 1.29 is 9.26 Å². The summed E-state index contributed by atoms with van der Waals surface area (Å²) in [6.45, 7) is 7.88. The fourth-order valence-electron chi connectivity index (χ4n) is 4.29. The van der Waals surface area contributed by atoms with Crippen molar-refractivity contribution in [3.05, 3.63) is 41.3 Å². The quantitative estimate of drug-likeness (QED) is 0.480. The molecule has 5 rings (SSSR count). The maximum atomic E-state index is 5.76. The summed E-state index contributed by atoms with van der Waals surface area (Å²) < 4.78 is 13.0. The van der Waals surface area contributed by atoms with Crippen molar-refractivity contribution >= 4 is 21.9 Å². The van der Waals surface area contributed by atoms with Gasteiger partial charge < -0.3 is 14.2 Å². The van der Waals surface area contributed by atoms with Crippen molar-refractivity contribution in [2.45, 2.75) is 27.7 Å². The van der Waals surface area contributed by atoms with E-state index in [0.717, 1.165) is 72.9 Å². The van der Waals surface area contributed by atoms with Crippen LogP contribution < -0.4 is 4.74 Å². The Morgan fingerprint density at radius 2 is 1.83 bits per heavy atom. The number of fused-ring (bicyclic) bond motifs is 3. The van der Waals surface area contributed by atoms with Crippen LogP contribution in [0.4, 0.5) is 0 Å². The molecule has 1 N–H and O–H groups in total. The molecule has 0 fully saturated rings. The lowest BCUT2D eigenvalue weighted by atomic mass is 9.99. The highest BCUT2D eigenvalue weighted by molar-refractivity contribution is 6.13. The largest absolute Gasteiger partial charge is 0.496 e. The van der Waals surface area contributed by atoms with E-state index in [9.17, 15) is 0 Å². The highest BCUT2D eigenvalue weighted by Gasteiger charge is 2.22. The van der Waals surface area contributed by atoms with Gasteiger partial charge in [0.05, 0.1) is 35.1 Å². The molecular formula is C22H22N6O2. The van der Waals surface area contributed by atoms with Gasteiger partial charge in [-0.2, -0.15) is 5.10 Å². The second-order valence-corrected chi connectivity index (χ2v) is 7.54. The molecule has 0 spiro atoms. The van der Waals surface area contributed by atoms with Crippen LogP contribution in [0.25, 0.3) is 44.3 Å². The maximum Gasteiger partial charge on any atom is 0.142 e. The third-order valence-corrected chi connectivity index (χ3v) is 5.76. The van der Waals surface area contributed by atoms with Gasteiger partial charge in [-0.05, 0) is 39.8 Å². The number of nitrogens with zero attached hydrogens (tertiary/aromatic N) is 5. The van der Waals surface area contributed by atoms with E-state index in [-0.39, 0.29) is 0 Å². The molecule has 0 aliphatic heterocycles. The van der Waals surface area contributed by atoms with Gasteiger partial charge in [0.2, 0.25) is 0 Å². The summed E-state index contributed by atoms with van der Waals surface area (Å²) >= 11 is 0. The second-order valence-electron chi connectivity index (χ2n) is 7.54. The molecule has 1 aromatic carbocycles. The first-order valence-electron chi connectivity index (χ1n) is 9.69. The standard InChI is InChI=1S/C22H22N6O2/c1-10-18(12(3)28(5)26-10)21-20-14-8-17(29-6)15(19-11(2)27-30-13(19)4)7-16(14)25-22(20)24-9-23-21/h7-9H,1-6H3,(H,23,24,25). The molecule has 0 saturated heterocycles. The smallest absolute Gasteiger partial charge is 0.142 e. The third-order valence-electron chi connectivity index (χ3n) is 5.76. The molecule has 0 radical (unpaired) electrons. The number of aromatic nitrogens is 6. The summed E-state index contributed by atoms with van der Waals surface area (Å²) in [6, 6.07) is 4.10. The van der Waals surface area contributed by atoms with Gasteiger partial charge in [0, 0.05) is 34.8 Å². The Balaban J connectivity index is 1.86. The van der Waals surface area contributed by atoms with Crippen LogP contribution in [0.3, 0.4) is 0 Å². The van der Waals surface area contributed by atoms with Crippen molar-refractivity contribution in [3.8, 4) is 28.1 Å². The summed E-state index contributed by atoms with van der Waals surface area (Å²) in [7, 11) is 3.61. The molecule has 5 aromatic rings. The number of ether oxygens (including phenoxy) is 1. The number of nitrogens with one attached hydrogen (secondary N) is 1. The van der Waals surface area contributed by atoms with Crippen LogP contribution in [-0.4, -0.2) is 37.0 Å². The van der Waals surface area contributed by atoms with Crippen LogP contribution in [0.5, 0.6) is 5.75 Å². The number of hydrogen-bond donors (Lipinski definition) is 1. The Morgan fingerprint density at radius 1 is 1.03 bits per heavy atom. The molecule has 0 unspecified atom stereocenters. The fourth-order valence-corrected chi connectivity index (χ4v) is 4.29. The van der Waals surface area contributed by atoms with E-state index < -0.39 is 0 Å². The second kappa shape index (κ2) is 6.41. The van der Waals surface area contributed by atoms with Gasteiger partial charge in [-0.15, -0.1) is 0 Å². The van der Waals surface area contributed by atoms with Crippen LogP contribution in [0.15, 0.2) is 23.0 Å². The van der Waals surface area contributed by atoms with E-state index in [4.69, 9.17) is 9.26 Å². The van der Waals surface area contributed by atoms with E-state index in [1.54, 1.807) is 13.4 Å². The summed E-state index contributed by atoms with van der Waals surface area (Å²) in [5, 5.41) is 10.6. The number of aryl methyl sites for hydroxylation is 4. The number of methoxy groups -OCH3 is 1. The molecule has 8 nitrogen and oxygen atoms in total. The molecule has 152 valence electrons. The molecule has 0 aliphatic carbocycles. The average Bonchev–Trinajstić information content (AvgIpc) is 3.33. The van der Waals surface area contributed by atoms with Crippen LogP contribution >= 0.6 is 0 Å². The summed E-state index contributed by atoms with van der Waals surface area (Å²) in [6.07, 6.45) is 1.59. The predicted molar refractivity (Wildman–Crippen MR) is 115 cm³/mol. The zero-order chi connectivity index (χ0) is 21.2. The topological polar surface area (TPSA) is 94.7 Å². The first-order chi connectivity index (χ1) is 14.4. The minimum Gasteiger partial charge on any atom is -0.496 e. The summed E-state index contributed by atoms with van der Waals surface area (Å²) in [4.78, 5) is 12.6. The van der Waals surface area contributed by atoms with Gasteiger partial charge in [-0.3, -0.25) is 4.68 Å². The first-order valence-corrected chi connectivity index (χ1v) is 9.69. The van der Waals surface area contributed by atoms with Gasteiger partial charge in [0.25, 0.3) is 0 Å². The molecule has 0 saturated carbocycles. The molecule has 0 atom stereocenters. The molecule has 0 amide bonds. The Hall–Kier alpha value is -3.68. The van der Waals surface area contributed by atoms with Crippen molar-refractivity contribution in [1.29, 1.82) is 0 Å². The van der Waals surface area contributed by atoms with E-state index in [2.05, 4.69) is 31.3 Å². The lowest BCUT2D eigenvalue weighted by Gasteiger charge is -2.09. The molecule has 0 aliphatic rings. The number of benzene rings is 1. The number of rotatable bonds is 3. The number of H-pyrrole nitrogens is 1. The van der Waals surface area contributed by atoms with Crippen molar-refractivity contribution in [2.24, 2.45) is 7.05 Å². The SMILES string of the molecule is COc1cc2c(cc1-c1c(C)noc1C)[nH]c1ncnc(-c3c(C)nn(C)c3C)c12. The average molecular weight is 402 g/mol. The van der Waals surface area contributed by atoms with Gasteiger partial charge in [-0.25, -0.2) is 9.97 Å². The molecule has 4 aromatic heterocycles. The molecular weight excluding hydrogens is 380 g/mol. The minimum atomic E-state index is 0.743. The zero-order valence-electron chi connectivity index (χ0n) is 17.8. The normalized spacial score (nSPS) is 11.7. The Kier molecular flexibility index (Phi) is 3.92. The van der Waals surface area contributed by atoms with Gasteiger partial charge in [0.1, 0.15) is 23.5 Å². The van der Waals surface area contributed by atoms with E-state index in [1.807, 2.05) is 45.5 Å². The van der Waals surface area contributed by atoms with Gasteiger partial charge in [-0.1, -0.05) is 5.16 Å². The molecule has 4 heterocycles. The van der Waals surface area contributed by atoms with Gasteiger partial charge in [0.15, 0.2) is 0 Å². The monoisotopic (exact) mass is 402 g/mol. The Labute approximate surface area is 172 Å². The Morgan fingerprint density at radius 3 is 2.47 bits per heavy atom. The highest BCUT2D eigenvalue weighted by Crippen LogP contribution is 2.41. The van der Waals surface area contributed by atoms with E-state index >= 15 is 0 Å². The van der Waals surface area contributed by atoms with Crippen molar-refractivity contribution in [3.63, 3.8) is 0 Å². The van der Waals surface area contributed by atoms with E-state index in [0.29, 0.717) is 0 Å². The lowest BCUT2D eigenvalue weighted by molar-refractivity contribution is 0.393. The minimum absolute atomic E-state index is 0.743. The molecule has 30 heavy (non-hydrogen) atoms. The number of hydrogen-bond acceptors (Lipinski definition) is 6. The van der Waals surface area contributed by atoms with Crippen LogP contribution in [0.2, 0.25) is 0 Å². The van der Waals surface area contributed by atoms with Crippen LogP contribution in [0, 0.1) is 27.7 Å². The summed E-state index contributed by atoms with van der Waals surface area (Å²) in [5.41, 5.74) is 8.29. The molecule has 8 heteroatoms. The Bertz CT molecular complexity index is 1420. The number of aromatic amines is 1. The maximum absolute atomic E-state index is 5.76. The predicted octanol–water partition coefficient (Wildman–Crippen LogP) is 4.41. The van der Waals surface area contributed by atoms with Gasteiger partial charge >= 0.3 is 0 Å². The molecule has 0 bridgehead atoms. The zero-order valence-corrected chi connectivity index (χ0v) is 17.8. The van der Waals surface area contributed by atoms with E-state index in [1.165, 1.54) is 0 Å². The van der Waals surface area contributed by atoms with Crippen LogP contribution in [-0.2, 0) is 7.05 Å². The highest BCUT2D eigenvalue weighted by atomic mass is 16.5. The summed E-state index contributed by atoms with van der Waals surface area (Å²) in [5.74, 6) is 1.50. The first kappa shape index (κ1) is 18.4. The third kappa shape index (κ3) is 2.46. The van der Waals surface area contributed by atoms with Crippen molar-refractivity contribution in [1.82, 2.24) is 29.9 Å².